The summed E-state index contributed by atoms with van der Waals surface area (Å²) in [6.07, 6.45) is 4.80. The average Bonchev–Trinajstić information content (AvgIpc) is 3.18. The van der Waals surface area contributed by atoms with Crippen molar-refractivity contribution in [2.24, 2.45) is 28.0 Å². The maximum absolute atomic E-state index is 14.6. The number of hydrogen-bond acceptors (Lipinski definition) is 6. The highest BCUT2D eigenvalue weighted by Gasteiger charge is 2.47. The number of methoxy groups -OCH3 is 1. The van der Waals surface area contributed by atoms with Crippen molar-refractivity contribution in [3.63, 3.8) is 0 Å². The number of urea groups is 1. The van der Waals surface area contributed by atoms with E-state index in [-0.39, 0.29) is 60.1 Å². The predicted octanol–water partition coefficient (Wildman–Crippen LogP) is 6.63. The molecule has 1 unspecified atom stereocenters. The van der Waals surface area contributed by atoms with E-state index in [0.29, 0.717) is 31.2 Å². The van der Waals surface area contributed by atoms with Gasteiger partial charge >= 0.3 is 6.03 Å². The van der Waals surface area contributed by atoms with Crippen LogP contribution in [-0.4, -0.2) is 79.2 Å². The van der Waals surface area contributed by atoms with Gasteiger partial charge in [0.25, 0.3) is 5.91 Å². The molecule has 3 amide bonds. The lowest BCUT2D eigenvalue weighted by atomic mass is 9.65. The van der Waals surface area contributed by atoms with Crippen molar-refractivity contribution in [3.8, 4) is 5.75 Å². The minimum Gasteiger partial charge on any atom is -0.490 e. The van der Waals surface area contributed by atoms with E-state index in [1.165, 1.54) is 16.0 Å². The summed E-state index contributed by atoms with van der Waals surface area (Å²) in [6, 6.07) is 10.8. The van der Waals surface area contributed by atoms with Crippen LogP contribution in [0.15, 0.2) is 52.4 Å². The second-order valence-corrected chi connectivity index (χ2v) is 17.5. The summed E-state index contributed by atoms with van der Waals surface area (Å²) in [5.74, 6) is 0.0192. The Balaban J connectivity index is 1.17. The highest BCUT2D eigenvalue weighted by Crippen LogP contribution is 2.49. The Morgan fingerprint density at radius 1 is 1.20 bits per heavy atom. The molecule has 0 aromatic heterocycles. The lowest BCUT2D eigenvalue weighted by molar-refractivity contribution is -0.00148. The first-order valence-corrected chi connectivity index (χ1v) is 19.8. The number of likely N-dealkylation sites (tertiary alicyclic amines) is 1. The van der Waals surface area contributed by atoms with E-state index in [2.05, 4.69) is 32.2 Å². The van der Waals surface area contributed by atoms with E-state index in [1.54, 1.807) is 25.3 Å². The van der Waals surface area contributed by atoms with Crippen molar-refractivity contribution < 1.29 is 32.1 Å². The van der Waals surface area contributed by atoms with E-state index < -0.39 is 28.3 Å². The first kappa shape index (κ1) is 33.9. The zero-order valence-corrected chi connectivity index (χ0v) is 29.7. The summed E-state index contributed by atoms with van der Waals surface area (Å²) in [5.41, 5.74) is 4.32. The Morgan fingerprint density at radius 3 is 2.76 bits per heavy atom. The summed E-state index contributed by atoms with van der Waals surface area (Å²) in [5, 5.41) is 0.726. The molecule has 3 aliphatic carbocycles. The fraction of sp³-hybridized carbons (Fsp3) is 0.568. The number of alkyl halides is 2. The first-order chi connectivity index (χ1) is 24.0. The maximum Gasteiger partial charge on any atom is 0.329 e. The molecule has 268 valence electrons. The number of rotatable bonds is 4. The number of hydrogen-bond donors (Lipinski definition) is 1. The van der Waals surface area contributed by atoms with Crippen molar-refractivity contribution in [2.75, 3.05) is 50.5 Å². The van der Waals surface area contributed by atoms with Crippen LogP contribution in [0.2, 0.25) is 5.02 Å². The van der Waals surface area contributed by atoms with Gasteiger partial charge < -0.3 is 19.3 Å². The highest BCUT2D eigenvalue weighted by atomic mass is 35.5. The Bertz CT molecular complexity index is 1860. The van der Waals surface area contributed by atoms with Gasteiger partial charge in [-0.15, -0.1) is 4.36 Å². The molecule has 2 aromatic rings. The first-order valence-electron chi connectivity index (χ1n) is 17.7. The van der Waals surface area contributed by atoms with Crippen molar-refractivity contribution >= 4 is 39.1 Å². The fourth-order valence-corrected chi connectivity index (χ4v) is 11.2. The van der Waals surface area contributed by atoms with Crippen LogP contribution >= 0.6 is 11.6 Å². The Morgan fingerprint density at radius 2 is 2.04 bits per heavy atom. The molecule has 2 bridgehead atoms. The van der Waals surface area contributed by atoms with Gasteiger partial charge in [-0.05, 0) is 109 Å². The third-order valence-corrected chi connectivity index (χ3v) is 14.0. The molecule has 2 aromatic carbocycles. The van der Waals surface area contributed by atoms with E-state index in [0.717, 1.165) is 54.9 Å². The van der Waals surface area contributed by atoms with Gasteiger partial charge in [0.1, 0.15) is 15.7 Å². The quantitative estimate of drug-likeness (QED) is 0.355. The Kier molecular flexibility index (Phi) is 8.87. The normalized spacial score (nSPS) is 32.0. The second kappa shape index (κ2) is 13.1. The van der Waals surface area contributed by atoms with Gasteiger partial charge in [0.2, 0.25) is 6.43 Å². The number of anilines is 1. The number of amides is 3. The van der Waals surface area contributed by atoms with Gasteiger partial charge in [-0.2, -0.15) is 0 Å². The van der Waals surface area contributed by atoms with E-state index in [1.807, 2.05) is 6.07 Å². The highest BCUT2D eigenvalue weighted by molar-refractivity contribution is 7.92. The van der Waals surface area contributed by atoms with Crippen LogP contribution in [0.3, 0.4) is 0 Å². The number of aryl methyl sites for hydroxylation is 1. The average molecular weight is 729 g/mol. The lowest BCUT2D eigenvalue weighted by Gasteiger charge is -2.48. The predicted molar refractivity (Wildman–Crippen MR) is 187 cm³/mol. The minimum absolute atomic E-state index is 0.0337. The van der Waals surface area contributed by atoms with Crippen LogP contribution in [0.1, 0.15) is 60.0 Å². The standard InChI is InChI=1S/C37H43ClF2N4O5S/c1-48-34-28-8-4-25(28)18-44-20-37(12-2-3-23-14-27(38)7-10-30(23)37)21-49-32-11-6-24(15-31(32)44)35(45)41-50(47,19-26-5-9-29(26)34)42-36(46)43-16-22(17-43)13-33(39)40/h6-7,9-11,14-15,22,25-26,28,33-34H,2-5,8,12-13,16-21H2,1H3,(H,41,42,45,46,47)/t25-,26+,28+,34+,37-,50?/m0/s1. The van der Waals surface area contributed by atoms with E-state index in [4.69, 9.17) is 21.1 Å². The SMILES string of the molecule is CO[C@H]1C2=CC[C@@H]2CS(=O)(NC(=O)N2CC(CC(F)F)C2)=NC(=O)c2ccc3c(c2)N(C[C@@H]2CC[C@H]21)C[C@@]1(CCCc2cc(Cl)ccc21)CO3. The van der Waals surface area contributed by atoms with Crippen LogP contribution in [0, 0.1) is 23.7 Å². The molecule has 9 nitrogen and oxygen atoms in total. The topological polar surface area (TPSA) is 101 Å². The van der Waals surface area contributed by atoms with Crippen LogP contribution in [0.25, 0.3) is 0 Å². The number of allylic oxidation sites excluding steroid dienone is 1. The summed E-state index contributed by atoms with van der Waals surface area (Å²) in [6.45, 7) is 2.24. The molecule has 1 saturated carbocycles. The van der Waals surface area contributed by atoms with Gasteiger partial charge in [0.05, 0.1) is 24.2 Å². The molecule has 3 aliphatic heterocycles. The molecule has 8 rings (SSSR count). The van der Waals surface area contributed by atoms with Gasteiger partial charge in [0.15, 0.2) is 0 Å². The monoisotopic (exact) mass is 728 g/mol. The molecule has 6 atom stereocenters. The minimum atomic E-state index is -3.60. The van der Waals surface area contributed by atoms with Gasteiger partial charge in [-0.1, -0.05) is 23.7 Å². The smallest absolute Gasteiger partial charge is 0.329 e. The van der Waals surface area contributed by atoms with Crippen LogP contribution in [0.4, 0.5) is 19.3 Å². The number of benzene rings is 2. The molecule has 1 saturated heterocycles. The van der Waals surface area contributed by atoms with E-state index in [9.17, 15) is 22.6 Å². The number of ether oxygens (including phenoxy) is 2. The summed E-state index contributed by atoms with van der Waals surface area (Å²) >= 11 is 6.44. The number of nitrogens with zero attached hydrogens (tertiary/aromatic N) is 3. The largest absolute Gasteiger partial charge is 0.490 e. The van der Waals surface area contributed by atoms with Crippen LogP contribution in [-0.2, 0) is 26.5 Å². The van der Waals surface area contributed by atoms with Crippen molar-refractivity contribution in [3.05, 3.63) is 69.8 Å². The third-order valence-electron chi connectivity index (χ3n) is 12.0. The Labute approximate surface area is 297 Å². The van der Waals surface area contributed by atoms with E-state index >= 15 is 0 Å². The molecule has 13 heteroatoms. The van der Waals surface area contributed by atoms with Crippen LogP contribution < -0.4 is 14.4 Å². The maximum atomic E-state index is 14.6. The number of carbonyl (C=O) groups excluding carboxylic acids is 2. The third kappa shape index (κ3) is 6.19. The number of carbonyl (C=O) groups is 2. The molecule has 1 N–H and O–H groups in total. The summed E-state index contributed by atoms with van der Waals surface area (Å²) in [7, 11) is -1.89. The summed E-state index contributed by atoms with van der Waals surface area (Å²) in [4.78, 5) is 30.9. The molecule has 0 radical (unpaired) electrons. The molecule has 3 heterocycles. The Hall–Kier alpha value is -3.22. The molecule has 2 fully saturated rings. The number of nitrogens with one attached hydrogen (secondary N) is 1. The molecular formula is C37H43ClF2N4O5S. The zero-order chi connectivity index (χ0) is 34.8. The summed E-state index contributed by atoms with van der Waals surface area (Å²) < 4.78 is 60.0. The molecular weight excluding hydrogens is 686 g/mol. The molecule has 1 spiro atoms. The van der Waals surface area contributed by atoms with Crippen molar-refractivity contribution in [1.29, 1.82) is 0 Å². The fourth-order valence-electron chi connectivity index (χ4n) is 9.14. The van der Waals surface area contributed by atoms with Gasteiger partial charge in [0, 0.05) is 55.7 Å². The number of fused-ring (bicyclic) bond motifs is 5. The lowest BCUT2D eigenvalue weighted by Crippen LogP contribution is -2.55. The molecule has 6 aliphatic rings. The van der Waals surface area contributed by atoms with Gasteiger partial charge in [-0.25, -0.2) is 17.8 Å². The second-order valence-electron chi connectivity index (χ2n) is 15.1. The number of halogens is 3. The van der Waals surface area contributed by atoms with Crippen molar-refractivity contribution in [2.45, 2.75) is 62.9 Å². The van der Waals surface area contributed by atoms with Gasteiger partial charge in [-0.3, -0.25) is 9.52 Å². The van der Waals surface area contributed by atoms with Crippen LogP contribution in [0.5, 0.6) is 5.75 Å². The van der Waals surface area contributed by atoms with Crippen molar-refractivity contribution in [1.82, 2.24) is 9.62 Å². The zero-order valence-electron chi connectivity index (χ0n) is 28.1. The molecule has 50 heavy (non-hydrogen) atoms.